The normalized spacial score (nSPS) is 16.7. The Hall–Kier alpha value is -3.22. The van der Waals surface area contributed by atoms with Crippen LogP contribution in [0.25, 0.3) is 6.08 Å². The van der Waals surface area contributed by atoms with E-state index in [9.17, 15) is 19.3 Å². The number of ether oxygens (including phenoxy) is 1. The van der Waals surface area contributed by atoms with E-state index < -0.39 is 10.7 Å². The van der Waals surface area contributed by atoms with Crippen molar-refractivity contribution in [3.8, 4) is 5.75 Å². The van der Waals surface area contributed by atoms with E-state index in [-0.39, 0.29) is 23.2 Å². The summed E-state index contributed by atoms with van der Waals surface area (Å²) in [6.45, 7) is 0.616. The van der Waals surface area contributed by atoms with Crippen molar-refractivity contribution >= 4 is 17.7 Å². The number of likely N-dealkylation sites (tertiary alicyclic amines) is 1. The second-order valence-corrected chi connectivity index (χ2v) is 6.26. The van der Waals surface area contributed by atoms with E-state index in [4.69, 9.17) is 4.74 Å². The molecule has 1 saturated heterocycles. The highest BCUT2D eigenvalue weighted by Gasteiger charge is 2.28. The molecule has 1 unspecified atom stereocenters. The molecule has 3 rings (SSSR count). The Morgan fingerprint density at radius 3 is 2.70 bits per heavy atom. The second kappa shape index (κ2) is 7.99. The molecule has 2 aromatic rings. The minimum absolute atomic E-state index is 0.0451. The van der Waals surface area contributed by atoms with Gasteiger partial charge in [0.25, 0.3) is 5.69 Å². The second-order valence-electron chi connectivity index (χ2n) is 6.26. The first-order valence-corrected chi connectivity index (χ1v) is 8.56. The van der Waals surface area contributed by atoms with Crippen LogP contribution in [-0.2, 0) is 4.79 Å². The Kier molecular flexibility index (Phi) is 5.49. The lowest BCUT2D eigenvalue weighted by molar-refractivity contribution is -0.385. The van der Waals surface area contributed by atoms with Gasteiger partial charge in [-0.05, 0) is 48.7 Å². The van der Waals surface area contributed by atoms with Crippen LogP contribution in [0.1, 0.15) is 30.0 Å². The van der Waals surface area contributed by atoms with Crippen LogP contribution in [0.4, 0.5) is 10.1 Å². The molecule has 0 aliphatic carbocycles. The van der Waals surface area contributed by atoms with Crippen LogP contribution in [-0.4, -0.2) is 29.4 Å². The SMILES string of the molecule is COc1ccc(C2CCCN2C(=O)C=Cc2ccc(F)cc2[N+](=O)[O-])cc1. The van der Waals surface area contributed by atoms with E-state index in [0.717, 1.165) is 36.3 Å². The number of hydrogen-bond donors (Lipinski definition) is 0. The van der Waals surface area contributed by atoms with Gasteiger partial charge in [0.1, 0.15) is 11.6 Å². The summed E-state index contributed by atoms with van der Waals surface area (Å²) in [5.74, 6) is -0.172. The lowest BCUT2D eigenvalue weighted by atomic mass is 10.0. The Balaban J connectivity index is 1.78. The van der Waals surface area contributed by atoms with E-state index in [1.54, 1.807) is 12.0 Å². The Morgan fingerprint density at radius 1 is 1.30 bits per heavy atom. The van der Waals surface area contributed by atoms with Gasteiger partial charge in [0, 0.05) is 12.6 Å². The largest absolute Gasteiger partial charge is 0.497 e. The van der Waals surface area contributed by atoms with Crippen molar-refractivity contribution in [2.75, 3.05) is 13.7 Å². The first-order valence-electron chi connectivity index (χ1n) is 8.56. The molecule has 7 heteroatoms. The molecule has 2 aromatic carbocycles. The summed E-state index contributed by atoms with van der Waals surface area (Å²) in [5, 5.41) is 11.1. The number of hydrogen-bond acceptors (Lipinski definition) is 4. The zero-order valence-corrected chi connectivity index (χ0v) is 14.8. The Bertz CT molecular complexity index is 880. The van der Waals surface area contributed by atoms with Crippen LogP contribution in [0.5, 0.6) is 5.75 Å². The van der Waals surface area contributed by atoms with Crippen molar-refractivity contribution in [1.29, 1.82) is 0 Å². The number of amides is 1. The van der Waals surface area contributed by atoms with Gasteiger partial charge in [-0.25, -0.2) is 4.39 Å². The van der Waals surface area contributed by atoms with Crippen molar-refractivity contribution in [1.82, 2.24) is 4.90 Å². The summed E-state index contributed by atoms with van der Waals surface area (Å²) in [6.07, 6.45) is 4.40. The maximum absolute atomic E-state index is 13.2. The lowest BCUT2D eigenvalue weighted by Gasteiger charge is -2.24. The van der Waals surface area contributed by atoms with Crippen LogP contribution >= 0.6 is 0 Å². The van der Waals surface area contributed by atoms with E-state index >= 15 is 0 Å². The number of nitro benzene ring substituents is 1. The molecule has 0 N–H and O–H groups in total. The number of benzene rings is 2. The van der Waals surface area contributed by atoms with Crippen LogP contribution in [0.15, 0.2) is 48.5 Å². The Morgan fingerprint density at radius 2 is 2.04 bits per heavy atom. The summed E-state index contributed by atoms with van der Waals surface area (Å²) in [7, 11) is 1.60. The highest BCUT2D eigenvalue weighted by molar-refractivity contribution is 5.92. The summed E-state index contributed by atoms with van der Waals surface area (Å²) in [6, 6.07) is 10.8. The first-order chi connectivity index (χ1) is 13.0. The quantitative estimate of drug-likeness (QED) is 0.451. The molecule has 1 aliphatic heterocycles. The third-order valence-electron chi connectivity index (χ3n) is 4.63. The maximum Gasteiger partial charge on any atom is 0.279 e. The predicted octanol–water partition coefficient (Wildman–Crippen LogP) is 4.12. The molecule has 1 fully saturated rings. The zero-order valence-electron chi connectivity index (χ0n) is 14.8. The molecule has 140 valence electrons. The van der Waals surface area contributed by atoms with Crippen molar-refractivity contribution in [2.45, 2.75) is 18.9 Å². The molecule has 0 spiro atoms. The molecule has 1 atom stereocenters. The molecule has 0 bridgehead atoms. The monoisotopic (exact) mass is 370 g/mol. The van der Waals surface area contributed by atoms with E-state index in [0.29, 0.717) is 6.54 Å². The molecule has 1 amide bonds. The molecule has 1 heterocycles. The van der Waals surface area contributed by atoms with Crippen molar-refractivity contribution in [3.63, 3.8) is 0 Å². The summed E-state index contributed by atoms with van der Waals surface area (Å²) >= 11 is 0. The molecule has 27 heavy (non-hydrogen) atoms. The number of methoxy groups -OCH3 is 1. The van der Waals surface area contributed by atoms with Gasteiger partial charge in [-0.1, -0.05) is 12.1 Å². The molecule has 0 saturated carbocycles. The van der Waals surface area contributed by atoms with Crippen LogP contribution < -0.4 is 4.74 Å². The Labute approximate surface area is 156 Å². The number of rotatable bonds is 5. The smallest absolute Gasteiger partial charge is 0.279 e. The minimum atomic E-state index is -0.690. The van der Waals surface area contributed by atoms with Gasteiger partial charge in [0.15, 0.2) is 0 Å². The van der Waals surface area contributed by atoms with Gasteiger partial charge in [0.05, 0.1) is 29.7 Å². The van der Waals surface area contributed by atoms with Gasteiger partial charge in [-0.3, -0.25) is 14.9 Å². The summed E-state index contributed by atoms with van der Waals surface area (Å²) in [4.78, 5) is 24.8. The van der Waals surface area contributed by atoms with Crippen LogP contribution in [0.3, 0.4) is 0 Å². The molecule has 1 aliphatic rings. The average molecular weight is 370 g/mol. The van der Waals surface area contributed by atoms with Crippen LogP contribution in [0, 0.1) is 15.9 Å². The van der Waals surface area contributed by atoms with Crippen molar-refractivity contribution in [2.24, 2.45) is 0 Å². The van der Waals surface area contributed by atoms with Crippen molar-refractivity contribution in [3.05, 3.63) is 75.6 Å². The minimum Gasteiger partial charge on any atom is -0.497 e. The van der Waals surface area contributed by atoms with Crippen LogP contribution in [0.2, 0.25) is 0 Å². The number of carbonyl (C=O) groups is 1. The van der Waals surface area contributed by atoms with E-state index in [1.807, 2.05) is 24.3 Å². The van der Waals surface area contributed by atoms with Gasteiger partial charge in [0.2, 0.25) is 5.91 Å². The van der Waals surface area contributed by atoms with Gasteiger partial charge < -0.3 is 9.64 Å². The fraction of sp³-hybridized carbons (Fsp3) is 0.250. The number of nitrogens with zero attached hydrogens (tertiary/aromatic N) is 2. The first kappa shape index (κ1) is 18.6. The summed E-state index contributed by atoms with van der Waals surface area (Å²) in [5.41, 5.74) is 0.838. The molecule has 0 radical (unpaired) electrons. The molecular formula is C20H19FN2O4. The fourth-order valence-corrected chi connectivity index (χ4v) is 3.28. The lowest BCUT2D eigenvalue weighted by Crippen LogP contribution is -2.28. The van der Waals surface area contributed by atoms with Gasteiger partial charge in [-0.2, -0.15) is 0 Å². The maximum atomic E-state index is 13.2. The van der Waals surface area contributed by atoms with Gasteiger partial charge in [-0.15, -0.1) is 0 Å². The topological polar surface area (TPSA) is 72.7 Å². The van der Waals surface area contributed by atoms with E-state index in [1.165, 1.54) is 18.2 Å². The third kappa shape index (κ3) is 4.13. The molecule has 6 nitrogen and oxygen atoms in total. The fourth-order valence-electron chi connectivity index (χ4n) is 3.28. The number of halogens is 1. The average Bonchev–Trinajstić information content (AvgIpc) is 3.16. The van der Waals surface area contributed by atoms with Crippen molar-refractivity contribution < 1.29 is 18.8 Å². The standard InChI is InChI=1S/C20H19FN2O4/c1-27-17-9-5-14(6-10-17)18-3-2-12-22(18)20(24)11-7-15-4-8-16(21)13-19(15)23(25)26/h4-11,13,18H,2-3,12H2,1H3. The highest BCUT2D eigenvalue weighted by Crippen LogP contribution is 2.33. The number of nitro groups is 1. The predicted molar refractivity (Wildman–Crippen MR) is 98.8 cm³/mol. The highest BCUT2D eigenvalue weighted by atomic mass is 19.1. The van der Waals surface area contributed by atoms with E-state index in [2.05, 4.69) is 0 Å². The van der Waals surface area contributed by atoms with Gasteiger partial charge >= 0.3 is 0 Å². The zero-order chi connectivity index (χ0) is 19.4. The third-order valence-corrected chi connectivity index (χ3v) is 4.63. The summed E-state index contributed by atoms with van der Waals surface area (Å²) < 4.78 is 18.4. The molecule has 0 aromatic heterocycles. The molecular weight excluding hydrogens is 351 g/mol. The number of carbonyl (C=O) groups excluding carboxylic acids is 1.